The third-order valence-electron chi connectivity index (χ3n) is 2.49. The molecule has 0 rings (SSSR count). The van der Waals surface area contributed by atoms with Gasteiger partial charge in [0.05, 0.1) is 0 Å². The number of rotatable bonds is 4. The Balaban J connectivity index is 4.01. The summed E-state index contributed by atoms with van der Waals surface area (Å²) in [5.41, 5.74) is 6.61. The first-order chi connectivity index (χ1) is 7.49. The van der Waals surface area contributed by atoms with E-state index in [0.717, 1.165) is 12.8 Å². The molecule has 2 unspecified atom stereocenters. The molecule has 0 fully saturated rings. The van der Waals surface area contributed by atoms with Crippen molar-refractivity contribution in [3.63, 3.8) is 0 Å². The lowest BCUT2D eigenvalue weighted by Crippen LogP contribution is -2.24. The predicted octanol–water partition coefficient (Wildman–Crippen LogP) is 4.22. The van der Waals surface area contributed by atoms with Gasteiger partial charge in [-0.1, -0.05) is 33.6 Å². The van der Waals surface area contributed by atoms with E-state index >= 15 is 0 Å². The Bertz CT molecular complexity index is 267. The molecule has 100 valence electrons. The summed E-state index contributed by atoms with van der Waals surface area (Å²) < 4.78 is 0. The number of hydrogen-bond acceptors (Lipinski definition) is 1. The van der Waals surface area contributed by atoms with Crippen LogP contribution in [0.25, 0.3) is 0 Å². The Labute approximate surface area is 109 Å². The maximum atomic E-state index is 6.12. The van der Waals surface area contributed by atoms with E-state index in [4.69, 9.17) is 5.73 Å². The fourth-order valence-electron chi connectivity index (χ4n) is 2.18. The second-order valence-electron chi connectivity index (χ2n) is 7.62. The summed E-state index contributed by atoms with van der Waals surface area (Å²) in [5, 5.41) is 0. The molecule has 0 saturated heterocycles. The molecule has 0 aliphatic rings. The first kappa shape index (κ1) is 16.5. The van der Waals surface area contributed by atoms with Crippen LogP contribution in [0.3, 0.4) is 0 Å². The average molecular weight is 237 g/mol. The standard InChI is InChI=1S/C16H31N/c1-13(12-16(5,6)7)11-14(17)9-8-10-15(2,3)4/h13-14H,9,11-12,17H2,1-7H3. The predicted molar refractivity (Wildman–Crippen MR) is 77.7 cm³/mol. The van der Waals surface area contributed by atoms with Crippen molar-refractivity contribution in [2.24, 2.45) is 22.5 Å². The molecule has 2 atom stereocenters. The Kier molecular flexibility index (Phi) is 6.27. The van der Waals surface area contributed by atoms with Gasteiger partial charge in [0, 0.05) is 17.9 Å². The summed E-state index contributed by atoms with van der Waals surface area (Å²) in [4.78, 5) is 0. The third kappa shape index (κ3) is 11.8. The van der Waals surface area contributed by atoms with E-state index in [9.17, 15) is 0 Å². The third-order valence-corrected chi connectivity index (χ3v) is 2.49. The van der Waals surface area contributed by atoms with Crippen LogP contribution in [0.2, 0.25) is 0 Å². The van der Waals surface area contributed by atoms with Crippen LogP contribution in [-0.2, 0) is 0 Å². The lowest BCUT2D eigenvalue weighted by Gasteiger charge is -2.24. The van der Waals surface area contributed by atoms with Gasteiger partial charge in [0.25, 0.3) is 0 Å². The summed E-state index contributed by atoms with van der Waals surface area (Å²) in [7, 11) is 0. The lowest BCUT2D eigenvalue weighted by atomic mass is 9.82. The van der Waals surface area contributed by atoms with E-state index in [1.807, 2.05) is 0 Å². The Morgan fingerprint density at radius 1 is 1.06 bits per heavy atom. The fraction of sp³-hybridized carbons (Fsp3) is 0.875. The van der Waals surface area contributed by atoms with Gasteiger partial charge in [-0.15, -0.1) is 5.92 Å². The molecular weight excluding hydrogens is 206 g/mol. The van der Waals surface area contributed by atoms with Crippen LogP contribution in [0.5, 0.6) is 0 Å². The van der Waals surface area contributed by atoms with E-state index < -0.39 is 0 Å². The molecule has 0 aromatic carbocycles. The molecule has 0 saturated carbocycles. The highest BCUT2D eigenvalue weighted by Gasteiger charge is 2.17. The second kappa shape index (κ2) is 6.45. The Morgan fingerprint density at radius 2 is 1.59 bits per heavy atom. The summed E-state index contributed by atoms with van der Waals surface area (Å²) in [6, 6.07) is 0.224. The van der Waals surface area contributed by atoms with E-state index in [-0.39, 0.29) is 11.5 Å². The maximum absolute atomic E-state index is 6.12. The Hall–Kier alpha value is -0.480. The van der Waals surface area contributed by atoms with Gasteiger partial charge in [0.15, 0.2) is 0 Å². The van der Waals surface area contributed by atoms with Gasteiger partial charge in [-0.25, -0.2) is 0 Å². The average Bonchev–Trinajstić information content (AvgIpc) is 1.96. The van der Waals surface area contributed by atoms with Crippen molar-refractivity contribution in [1.29, 1.82) is 0 Å². The molecule has 0 radical (unpaired) electrons. The number of hydrogen-bond donors (Lipinski definition) is 1. The molecular formula is C16H31N. The number of nitrogens with two attached hydrogens (primary N) is 1. The second-order valence-corrected chi connectivity index (χ2v) is 7.62. The first-order valence-electron chi connectivity index (χ1n) is 6.75. The molecule has 17 heavy (non-hydrogen) atoms. The van der Waals surface area contributed by atoms with Gasteiger partial charge >= 0.3 is 0 Å². The van der Waals surface area contributed by atoms with Crippen molar-refractivity contribution in [1.82, 2.24) is 0 Å². The molecule has 2 N–H and O–H groups in total. The molecule has 0 spiro atoms. The molecule has 0 aromatic rings. The highest BCUT2D eigenvalue weighted by Crippen LogP contribution is 2.26. The van der Waals surface area contributed by atoms with E-state index in [0.29, 0.717) is 11.3 Å². The minimum Gasteiger partial charge on any atom is -0.327 e. The molecule has 0 aromatic heterocycles. The van der Waals surface area contributed by atoms with Gasteiger partial charge < -0.3 is 5.73 Å². The van der Waals surface area contributed by atoms with Crippen LogP contribution >= 0.6 is 0 Å². The zero-order chi connectivity index (χ0) is 13.7. The molecule has 0 heterocycles. The van der Waals surface area contributed by atoms with E-state index in [1.54, 1.807) is 0 Å². The van der Waals surface area contributed by atoms with Gasteiger partial charge in [-0.3, -0.25) is 0 Å². The van der Waals surface area contributed by atoms with Crippen molar-refractivity contribution < 1.29 is 0 Å². The van der Waals surface area contributed by atoms with Crippen LogP contribution < -0.4 is 5.73 Å². The van der Waals surface area contributed by atoms with E-state index in [1.165, 1.54) is 6.42 Å². The molecule has 0 bridgehead atoms. The van der Waals surface area contributed by atoms with Gasteiger partial charge in [-0.05, 0) is 44.9 Å². The van der Waals surface area contributed by atoms with Gasteiger partial charge in [0.1, 0.15) is 0 Å². The highest BCUT2D eigenvalue weighted by molar-refractivity contribution is 5.08. The smallest absolute Gasteiger partial charge is 0.0241 e. The first-order valence-corrected chi connectivity index (χ1v) is 6.75. The largest absolute Gasteiger partial charge is 0.327 e. The van der Waals surface area contributed by atoms with E-state index in [2.05, 4.69) is 60.3 Å². The van der Waals surface area contributed by atoms with Crippen LogP contribution in [0.4, 0.5) is 0 Å². The molecule has 0 aliphatic carbocycles. The summed E-state index contributed by atoms with van der Waals surface area (Å²) in [6.45, 7) is 15.6. The molecule has 1 nitrogen and oxygen atoms in total. The lowest BCUT2D eigenvalue weighted by molar-refractivity contribution is 0.286. The summed E-state index contributed by atoms with van der Waals surface area (Å²) in [5.74, 6) is 7.14. The SMILES string of the molecule is CC(CC(N)CC#CC(C)(C)C)CC(C)(C)C. The molecule has 1 heteroatoms. The fourth-order valence-corrected chi connectivity index (χ4v) is 2.18. The monoisotopic (exact) mass is 237 g/mol. The molecule has 0 amide bonds. The van der Waals surface area contributed by atoms with Crippen molar-refractivity contribution in [2.45, 2.75) is 73.8 Å². The van der Waals surface area contributed by atoms with Crippen LogP contribution in [0, 0.1) is 28.6 Å². The van der Waals surface area contributed by atoms with Crippen molar-refractivity contribution in [2.75, 3.05) is 0 Å². The highest BCUT2D eigenvalue weighted by atomic mass is 14.6. The quantitative estimate of drug-likeness (QED) is 0.728. The van der Waals surface area contributed by atoms with Crippen molar-refractivity contribution >= 4 is 0 Å². The van der Waals surface area contributed by atoms with Crippen LogP contribution in [0.15, 0.2) is 0 Å². The topological polar surface area (TPSA) is 26.0 Å². The van der Waals surface area contributed by atoms with Crippen molar-refractivity contribution in [3.05, 3.63) is 0 Å². The Morgan fingerprint density at radius 3 is 2.00 bits per heavy atom. The zero-order valence-corrected chi connectivity index (χ0v) is 12.9. The van der Waals surface area contributed by atoms with Gasteiger partial charge in [0.2, 0.25) is 0 Å². The van der Waals surface area contributed by atoms with Crippen LogP contribution in [0.1, 0.15) is 67.7 Å². The minimum atomic E-state index is 0.0940. The van der Waals surface area contributed by atoms with Gasteiger partial charge in [-0.2, -0.15) is 0 Å². The summed E-state index contributed by atoms with van der Waals surface area (Å²) >= 11 is 0. The zero-order valence-electron chi connectivity index (χ0n) is 12.9. The molecule has 0 aliphatic heterocycles. The normalized spacial score (nSPS) is 16.0. The minimum absolute atomic E-state index is 0.0940. The van der Waals surface area contributed by atoms with Crippen molar-refractivity contribution in [3.8, 4) is 11.8 Å². The summed E-state index contributed by atoms with van der Waals surface area (Å²) in [6.07, 6.45) is 3.13. The maximum Gasteiger partial charge on any atom is 0.0241 e. The van der Waals surface area contributed by atoms with Crippen LogP contribution in [-0.4, -0.2) is 6.04 Å².